The Bertz CT molecular complexity index is 833. The summed E-state index contributed by atoms with van der Waals surface area (Å²) in [6, 6.07) is 10.5. The molecule has 144 valence electrons. The van der Waals surface area contributed by atoms with Crippen molar-refractivity contribution in [3.8, 4) is 0 Å². The highest BCUT2D eigenvalue weighted by Crippen LogP contribution is 2.43. The quantitative estimate of drug-likeness (QED) is 0.738. The molecule has 0 saturated heterocycles. The number of ether oxygens (including phenoxy) is 1. The Morgan fingerprint density at radius 2 is 1.93 bits per heavy atom. The van der Waals surface area contributed by atoms with Gasteiger partial charge in [-0.25, -0.2) is 4.79 Å². The van der Waals surface area contributed by atoms with E-state index in [0.29, 0.717) is 23.1 Å². The van der Waals surface area contributed by atoms with Gasteiger partial charge in [0, 0.05) is 10.3 Å². The van der Waals surface area contributed by atoms with Crippen molar-refractivity contribution in [1.29, 1.82) is 0 Å². The highest BCUT2D eigenvalue weighted by molar-refractivity contribution is 7.17. The first-order valence-electron chi connectivity index (χ1n) is 9.49. The lowest BCUT2D eigenvalue weighted by atomic mass is 9.83. The van der Waals surface area contributed by atoms with Crippen LogP contribution in [0.2, 0.25) is 0 Å². The monoisotopic (exact) mass is 385 g/mol. The number of hydrogen-bond acceptors (Lipinski definition) is 4. The minimum absolute atomic E-state index is 0.0914. The Kier molecular flexibility index (Phi) is 5.70. The van der Waals surface area contributed by atoms with E-state index < -0.39 is 5.41 Å². The highest BCUT2D eigenvalue weighted by Gasteiger charge is 2.32. The van der Waals surface area contributed by atoms with Gasteiger partial charge in [-0.05, 0) is 43.2 Å². The largest absolute Gasteiger partial charge is 0.462 e. The molecular weight excluding hydrogens is 358 g/mol. The number of rotatable bonds is 4. The zero-order valence-corrected chi connectivity index (χ0v) is 17.2. The maximum absolute atomic E-state index is 12.6. The van der Waals surface area contributed by atoms with E-state index in [4.69, 9.17) is 4.74 Å². The fourth-order valence-electron chi connectivity index (χ4n) is 3.39. The van der Waals surface area contributed by atoms with Gasteiger partial charge in [0.15, 0.2) is 0 Å². The number of esters is 1. The third kappa shape index (κ3) is 4.24. The van der Waals surface area contributed by atoms with Gasteiger partial charge in [-0.1, -0.05) is 51.1 Å². The second kappa shape index (κ2) is 7.85. The molecular formula is C22H27NO3S. The molecule has 1 aromatic carbocycles. The SMILES string of the molecule is CCOC(=O)c1c(NC(=O)C(C)(C)C)sc2c1CC[C@@H](c1ccccc1)C2. The summed E-state index contributed by atoms with van der Waals surface area (Å²) in [6.07, 6.45) is 2.71. The van der Waals surface area contributed by atoms with Crippen LogP contribution in [0.15, 0.2) is 30.3 Å². The number of fused-ring (bicyclic) bond motifs is 1. The average Bonchev–Trinajstić information content (AvgIpc) is 2.98. The lowest BCUT2D eigenvalue weighted by Gasteiger charge is -2.23. The molecule has 0 fully saturated rings. The molecule has 0 bridgehead atoms. The first-order chi connectivity index (χ1) is 12.8. The molecule has 1 amide bonds. The Morgan fingerprint density at radius 3 is 2.56 bits per heavy atom. The molecule has 2 aromatic rings. The summed E-state index contributed by atoms with van der Waals surface area (Å²) in [6.45, 7) is 7.72. The summed E-state index contributed by atoms with van der Waals surface area (Å²) < 4.78 is 5.29. The van der Waals surface area contributed by atoms with Crippen LogP contribution < -0.4 is 5.32 Å². The molecule has 1 atom stereocenters. The smallest absolute Gasteiger partial charge is 0.341 e. The van der Waals surface area contributed by atoms with E-state index >= 15 is 0 Å². The first kappa shape index (κ1) is 19.6. The van der Waals surface area contributed by atoms with Gasteiger partial charge in [-0.2, -0.15) is 0 Å². The van der Waals surface area contributed by atoms with Crippen LogP contribution in [0.25, 0.3) is 0 Å². The van der Waals surface area contributed by atoms with Gasteiger partial charge >= 0.3 is 5.97 Å². The second-order valence-corrected chi connectivity index (χ2v) is 9.09. The zero-order valence-electron chi connectivity index (χ0n) is 16.4. The number of thiophene rings is 1. The summed E-state index contributed by atoms with van der Waals surface area (Å²) in [5, 5.41) is 3.61. The number of carbonyl (C=O) groups excluding carboxylic acids is 2. The van der Waals surface area contributed by atoms with Crippen LogP contribution in [0.4, 0.5) is 5.00 Å². The van der Waals surface area contributed by atoms with E-state index in [1.807, 2.05) is 26.8 Å². The Hall–Kier alpha value is -2.14. The van der Waals surface area contributed by atoms with Crippen molar-refractivity contribution in [1.82, 2.24) is 0 Å². The lowest BCUT2D eigenvalue weighted by Crippen LogP contribution is -2.28. The summed E-state index contributed by atoms with van der Waals surface area (Å²) >= 11 is 1.53. The van der Waals surface area contributed by atoms with E-state index in [1.165, 1.54) is 21.8 Å². The number of nitrogens with one attached hydrogen (secondary N) is 1. The molecule has 4 nitrogen and oxygen atoms in total. The molecule has 1 N–H and O–H groups in total. The molecule has 1 aliphatic carbocycles. The number of amides is 1. The predicted octanol–water partition coefficient (Wildman–Crippen LogP) is 5.18. The number of benzene rings is 1. The molecule has 1 aromatic heterocycles. The van der Waals surface area contributed by atoms with Gasteiger partial charge in [0.1, 0.15) is 5.00 Å². The molecule has 0 saturated carbocycles. The average molecular weight is 386 g/mol. The van der Waals surface area contributed by atoms with Gasteiger partial charge in [0.05, 0.1) is 12.2 Å². The summed E-state index contributed by atoms with van der Waals surface area (Å²) in [7, 11) is 0. The maximum atomic E-state index is 12.6. The summed E-state index contributed by atoms with van der Waals surface area (Å²) in [5.74, 6) is 0.0159. The van der Waals surface area contributed by atoms with E-state index in [9.17, 15) is 9.59 Å². The summed E-state index contributed by atoms with van der Waals surface area (Å²) in [4.78, 5) is 26.3. The lowest BCUT2D eigenvalue weighted by molar-refractivity contribution is -0.123. The summed E-state index contributed by atoms with van der Waals surface area (Å²) in [5.41, 5.74) is 2.41. The van der Waals surface area contributed by atoms with Crippen LogP contribution in [0.1, 0.15) is 66.4 Å². The molecule has 3 rings (SSSR count). The van der Waals surface area contributed by atoms with Crippen LogP contribution in [0, 0.1) is 5.41 Å². The van der Waals surface area contributed by atoms with Crippen molar-refractivity contribution in [3.05, 3.63) is 51.9 Å². The van der Waals surface area contributed by atoms with Gasteiger partial charge in [0.25, 0.3) is 0 Å². The van der Waals surface area contributed by atoms with E-state index in [1.54, 1.807) is 6.92 Å². The van der Waals surface area contributed by atoms with E-state index in [-0.39, 0.29) is 11.9 Å². The third-order valence-corrected chi connectivity index (χ3v) is 6.09. The third-order valence-electron chi connectivity index (χ3n) is 4.92. The minimum atomic E-state index is -0.525. The van der Waals surface area contributed by atoms with E-state index in [2.05, 4.69) is 29.6 Å². The predicted molar refractivity (Wildman–Crippen MR) is 110 cm³/mol. The molecule has 0 unspecified atom stereocenters. The van der Waals surface area contributed by atoms with Crippen LogP contribution >= 0.6 is 11.3 Å². The topological polar surface area (TPSA) is 55.4 Å². The molecule has 1 aliphatic rings. The normalized spacial score (nSPS) is 16.5. The molecule has 0 spiro atoms. The Morgan fingerprint density at radius 1 is 1.22 bits per heavy atom. The highest BCUT2D eigenvalue weighted by atomic mass is 32.1. The van der Waals surface area contributed by atoms with Crippen molar-refractivity contribution in [2.45, 2.75) is 52.9 Å². The first-order valence-corrected chi connectivity index (χ1v) is 10.3. The molecule has 27 heavy (non-hydrogen) atoms. The van der Waals surface area contributed by atoms with Crippen LogP contribution in [0.5, 0.6) is 0 Å². The Labute approximate surface area is 164 Å². The maximum Gasteiger partial charge on any atom is 0.341 e. The van der Waals surface area contributed by atoms with Crippen LogP contribution in [0.3, 0.4) is 0 Å². The van der Waals surface area contributed by atoms with Crippen LogP contribution in [-0.4, -0.2) is 18.5 Å². The van der Waals surface area contributed by atoms with E-state index in [0.717, 1.165) is 24.8 Å². The molecule has 5 heteroatoms. The van der Waals surface area contributed by atoms with Crippen molar-refractivity contribution in [2.24, 2.45) is 5.41 Å². The van der Waals surface area contributed by atoms with Gasteiger partial charge in [-0.3, -0.25) is 4.79 Å². The molecule has 1 heterocycles. The number of anilines is 1. The Balaban J connectivity index is 1.94. The number of hydrogen-bond donors (Lipinski definition) is 1. The zero-order chi connectivity index (χ0) is 19.6. The fraction of sp³-hybridized carbons (Fsp3) is 0.455. The van der Waals surface area contributed by atoms with Gasteiger partial charge in [-0.15, -0.1) is 11.3 Å². The molecule has 0 radical (unpaired) electrons. The fourth-order valence-corrected chi connectivity index (χ4v) is 4.70. The van der Waals surface area contributed by atoms with Gasteiger partial charge in [0.2, 0.25) is 5.91 Å². The minimum Gasteiger partial charge on any atom is -0.462 e. The van der Waals surface area contributed by atoms with Crippen molar-refractivity contribution < 1.29 is 14.3 Å². The second-order valence-electron chi connectivity index (χ2n) is 7.98. The van der Waals surface area contributed by atoms with Gasteiger partial charge < -0.3 is 10.1 Å². The van der Waals surface area contributed by atoms with Crippen molar-refractivity contribution >= 4 is 28.2 Å². The van der Waals surface area contributed by atoms with Crippen molar-refractivity contribution in [3.63, 3.8) is 0 Å². The standard InChI is InChI=1S/C22H27NO3S/c1-5-26-20(24)18-16-12-11-15(14-9-7-6-8-10-14)13-17(16)27-19(18)23-21(25)22(2,3)4/h6-10,15H,5,11-13H2,1-4H3,(H,23,25)/t15-/m1/s1. The van der Waals surface area contributed by atoms with Crippen molar-refractivity contribution in [2.75, 3.05) is 11.9 Å². The number of carbonyl (C=O) groups is 2. The molecule has 0 aliphatic heterocycles. The van der Waals surface area contributed by atoms with Crippen LogP contribution in [-0.2, 0) is 22.4 Å².